The van der Waals surface area contributed by atoms with Crippen molar-refractivity contribution in [3.63, 3.8) is 0 Å². The Morgan fingerprint density at radius 1 is 1.41 bits per heavy atom. The Kier molecular flexibility index (Phi) is 5.38. The van der Waals surface area contributed by atoms with Crippen LogP contribution in [0.25, 0.3) is 0 Å². The summed E-state index contributed by atoms with van der Waals surface area (Å²) >= 11 is 0. The van der Waals surface area contributed by atoms with E-state index in [1.807, 2.05) is 0 Å². The highest BCUT2D eigenvalue weighted by Gasteiger charge is 2.41. The van der Waals surface area contributed by atoms with Crippen LogP contribution in [-0.2, 0) is 19.3 Å². The average molecular weight is 397 g/mol. The van der Waals surface area contributed by atoms with E-state index in [-0.39, 0.29) is 11.4 Å². The molecule has 1 spiro atoms. The number of benzene rings is 1. The molecular formula is C17H23N3O6S. The number of morpholine rings is 1. The summed E-state index contributed by atoms with van der Waals surface area (Å²) in [4.78, 5) is 23.9. The van der Waals surface area contributed by atoms with E-state index in [0.29, 0.717) is 44.0 Å². The fraction of sp³-hybridized carbons (Fsp3) is 0.588. The van der Waals surface area contributed by atoms with Crippen molar-refractivity contribution in [2.75, 3.05) is 43.2 Å². The van der Waals surface area contributed by atoms with Crippen molar-refractivity contribution < 1.29 is 23.4 Å². The molecule has 27 heavy (non-hydrogen) atoms. The first-order valence-corrected chi connectivity index (χ1v) is 10.6. The topological polar surface area (TPSA) is 111 Å². The molecule has 0 aromatic heterocycles. The van der Waals surface area contributed by atoms with Gasteiger partial charge in [-0.05, 0) is 18.9 Å². The molecule has 2 aliphatic rings. The molecule has 0 bridgehead atoms. The number of nitro benzene ring substituents is 1. The molecule has 0 radical (unpaired) electrons. The lowest BCUT2D eigenvalue weighted by molar-refractivity contribution is -0.385. The van der Waals surface area contributed by atoms with Gasteiger partial charge in [-0.1, -0.05) is 0 Å². The van der Waals surface area contributed by atoms with Gasteiger partial charge in [0.25, 0.3) is 5.91 Å². The Morgan fingerprint density at radius 2 is 2.11 bits per heavy atom. The van der Waals surface area contributed by atoms with Crippen LogP contribution in [0.1, 0.15) is 19.8 Å². The molecule has 0 unspecified atom stereocenters. The van der Waals surface area contributed by atoms with Crippen molar-refractivity contribution in [1.82, 2.24) is 0 Å². The van der Waals surface area contributed by atoms with E-state index in [4.69, 9.17) is 9.47 Å². The van der Waals surface area contributed by atoms with Gasteiger partial charge in [0, 0.05) is 49.3 Å². The zero-order valence-corrected chi connectivity index (χ0v) is 16.2. The molecule has 9 nitrogen and oxygen atoms in total. The molecule has 2 fully saturated rings. The van der Waals surface area contributed by atoms with Crippen LogP contribution in [-0.4, -0.2) is 59.0 Å². The molecule has 0 N–H and O–H groups in total. The molecule has 0 atom stereocenters. The summed E-state index contributed by atoms with van der Waals surface area (Å²) in [6.45, 7) is 3.06. The standard InChI is InChI=1S/C17H23N3O6S/c1-13(21)18-27(24)9-5-17(6-10-27)12-19(7-8-26-17)14-3-4-15(20(22)23)16(11-14)25-2/h3-4,11H,5-10,12H2,1-2H3. The largest absolute Gasteiger partial charge is 0.490 e. The van der Waals surface area contributed by atoms with Crippen molar-refractivity contribution in [2.24, 2.45) is 4.36 Å². The number of carbonyl (C=O) groups is 1. The average Bonchev–Trinajstić information content (AvgIpc) is 2.63. The fourth-order valence-electron chi connectivity index (χ4n) is 3.63. The van der Waals surface area contributed by atoms with Crippen LogP contribution in [0.4, 0.5) is 11.4 Å². The molecule has 3 rings (SSSR count). The Morgan fingerprint density at radius 3 is 2.70 bits per heavy atom. The highest BCUT2D eigenvalue weighted by atomic mass is 32.2. The van der Waals surface area contributed by atoms with Gasteiger partial charge in [0.1, 0.15) is 0 Å². The number of hydrogen-bond donors (Lipinski definition) is 0. The van der Waals surface area contributed by atoms with E-state index in [1.165, 1.54) is 20.1 Å². The summed E-state index contributed by atoms with van der Waals surface area (Å²) in [5, 5.41) is 11.1. The minimum absolute atomic E-state index is 0.0764. The molecule has 1 aromatic carbocycles. The molecule has 2 heterocycles. The summed E-state index contributed by atoms with van der Waals surface area (Å²) < 4.78 is 27.7. The first-order chi connectivity index (χ1) is 12.8. The van der Waals surface area contributed by atoms with Gasteiger partial charge in [-0.3, -0.25) is 14.9 Å². The van der Waals surface area contributed by atoms with Gasteiger partial charge in [-0.15, -0.1) is 0 Å². The minimum Gasteiger partial charge on any atom is -0.490 e. The number of ether oxygens (including phenoxy) is 2. The highest BCUT2D eigenvalue weighted by Crippen LogP contribution is 2.36. The van der Waals surface area contributed by atoms with Crippen molar-refractivity contribution in [1.29, 1.82) is 0 Å². The maximum atomic E-state index is 12.6. The van der Waals surface area contributed by atoms with E-state index in [1.54, 1.807) is 12.1 Å². The predicted octanol–water partition coefficient (Wildman–Crippen LogP) is 1.99. The van der Waals surface area contributed by atoms with Crippen LogP contribution in [0.2, 0.25) is 0 Å². The van der Waals surface area contributed by atoms with Crippen molar-refractivity contribution >= 4 is 27.0 Å². The smallest absolute Gasteiger partial charge is 0.311 e. The first kappa shape index (κ1) is 19.6. The molecule has 148 valence electrons. The zero-order chi connectivity index (χ0) is 19.7. The summed E-state index contributed by atoms with van der Waals surface area (Å²) in [5.41, 5.74) is 0.299. The van der Waals surface area contributed by atoms with Crippen LogP contribution in [0.15, 0.2) is 22.6 Å². The third-order valence-corrected chi connectivity index (χ3v) is 7.30. The molecule has 10 heteroatoms. The van der Waals surface area contributed by atoms with Crippen LogP contribution in [0.3, 0.4) is 0 Å². The Balaban J connectivity index is 1.78. The summed E-state index contributed by atoms with van der Waals surface area (Å²) in [6.07, 6.45) is 1.12. The fourth-order valence-corrected chi connectivity index (χ4v) is 5.86. The third kappa shape index (κ3) is 4.22. The van der Waals surface area contributed by atoms with Crippen LogP contribution >= 0.6 is 0 Å². The molecule has 2 saturated heterocycles. The van der Waals surface area contributed by atoms with Gasteiger partial charge in [-0.2, -0.15) is 4.36 Å². The minimum atomic E-state index is -2.49. The van der Waals surface area contributed by atoms with E-state index in [0.717, 1.165) is 5.69 Å². The van der Waals surface area contributed by atoms with Crippen molar-refractivity contribution in [2.45, 2.75) is 25.4 Å². The Labute approximate surface area is 158 Å². The quantitative estimate of drug-likeness (QED) is 0.566. The number of anilines is 1. The Bertz CT molecular complexity index is 863. The second-order valence-electron chi connectivity index (χ2n) is 6.86. The molecule has 1 aromatic rings. The highest BCUT2D eigenvalue weighted by molar-refractivity contribution is 7.93. The molecule has 2 aliphatic heterocycles. The van der Waals surface area contributed by atoms with Crippen LogP contribution in [0, 0.1) is 10.1 Å². The second-order valence-corrected chi connectivity index (χ2v) is 9.40. The number of methoxy groups -OCH3 is 1. The lowest BCUT2D eigenvalue weighted by atomic mass is 9.94. The summed E-state index contributed by atoms with van der Waals surface area (Å²) in [5.74, 6) is 0.485. The maximum absolute atomic E-state index is 12.6. The molecule has 1 amide bonds. The van der Waals surface area contributed by atoms with Crippen molar-refractivity contribution in [3.05, 3.63) is 28.3 Å². The van der Waals surface area contributed by atoms with E-state index >= 15 is 0 Å². The van der Waals surface area contributed by atoms with Crippen LogP contribution in [0.5, 0.6) is 5.75 Å². The number of hydrogen-bond acceptors (Lipinski definition) is 7. The van der Waals surface area contributed by atoms with E-state index < -0.39 is 26.2 Å². The lowest BCUT2D eigenvalue weighted by Crippen LogP contribution is -2.55. The number of nitro groups is 1. The number of nitrogens with zero attached hydrogens (tertiary/aromatic N) is 3. The summed E-state index contributed by atoms with van der Waals surface area (Å²) in [7, 11) is -1.08. The van der Waals surface area contributed by atoms with E-state index in [9.17, 15) is 19.1 Å². The van der Waals surface area contributed by atoms with Gasteiger partial charge in [0.2, 0.25) is 0 Å². The SMILES string of the molecule is COc1cc(N2CCOC3(CCS(=O)(=NC(C)=O)CC3)C2)ccc1[N+](=O)[O-]. The van der Waals surface area contributed by atoms with Gasteiger partial charge in [-0.25, -0.2) is 4.21 Å². The normalized spacial score (nSPS) is 28.0. The number of rotatable bonds is 3. The molecule has 0 aliphatic carbocycles. The van der Waals surface area contributed by atoms with Gasteiger partial charge in [0.05, 0.1) is 34.0 Å². The lowest BCUT2D eigenvalue weighted by Gasteiger charge is -2.46. The Hall–Kier alpha value is -2.20. The third-order valence-electron chi connectivity index (χ3n) is 5.02. The molecular weight excluding hydrogens is 374 g/mol. The zero-order valence-electron chi connectivity index (χ0n) is 15.4. The maximum Gasteiger partial charge on any atom is 0.311 e. The number of carbonyl (C=O) groups excluding carboxylic acids is 1. The van der Waals surface area contributed by atoms with Gasteiger partial charge < -0.3 is 14.4 Å². The second kappa shape index (κ2) is 7.43. The van der Waals surface area contributed by atoms with Gasteiger partial charge >= 0.3 is 5.69 Å². The number of amides is 1. The predicted molar refractivity (Wildman–Crippen MR) is 101 cm³/mol. The summed E-state index contributed by atoms with van der Waals surface area (Å²) in [6, 6.07) is 4.81. The molecule has 0 saturated carbocycles. The monoisotopic (exact) mass is 397 g/mol. The van der Waals surface area contributed by atoms with Crippen molar-refractivity contribution in [3.8, 4) is 5.75 Å². The van der Waals surface area contributed by atoms with E-state index in [2.05, 4.69) is 9.26 Å². The first-order valence-electron chi connectivity index (χ1n) is 8.70. The van der Waals surface area contributed by atoms with Gasteiger partial charge in [0.15, 0.2) is 5.75 Å². The van der Waals surface area contributed by atoms with Crippen LogP contribution < -0.4 is 9.64 Å².